The SMILES string of the molecule is CC1(C)CCC(N2CCN(c3cccnc3)CC2)C1. The molecule has 104 valence electrons. The Morgan fingerprint density at radius 1 is 1.21 bits per heavy atom. The Morgan fingerprint density at radius 2 is 2.00 bits per heavy atom. The van der Waals surface area contributed by atoms with Gasteiger partial charge < -0.3 is 4.90 Å². The Hall–Kier alpha value is -1.09. The zero-order valence-corrected chi connectivity index (χ0v) is 12.2. The average Bonchev–Trinajstić information content (AvgIpc) is 2.80. The summed E-state index contributed by atoms with van der Waals surface area (Å²) in [6.45, 7) is 9.52. The lowest BCUT2D eigenvalue weighted by Gasteiger charge is -2.39. The summed E-state index contributed by atoms with van der Waals surface area (Å²) in [5, 5.41) is 0. The first-order valence-corrected chi connectivity index (χ1v) is 7.53. The van der Waals surface area contributed by atoms with Crippen LogP contribution in [0.25, 0.3) is 0 Å². The summed E-state index contributed by atoms with van der Waals surface area (Å²) in [7, 11) is 0. The summed E-state index contributed by atoms with van der Waals surface area (Å²) in [6.07, 6.45) is 7.98. The summed E-state index contributed by atoms with van der Waals surface area (Å²) >= 11 is 0. The number of hydrogen-bond acceptors (Lipinski definition) is 3. The van der Waals surface area contributed by atoms with Gasteiger partial charge in [0.05, 0.1) is 11.9 Å². The van der Waals surface area contributed by atoms with Crippen LogP contribution in [-0.2, 0) is 0 Å². The molecule has 0 aromatic carbocycles. The number of aromatic nitrogens is 1. The molecule has 19 heavy (non-hydrogen) atoms. The van der Waals surface area contributed by atoms with Crippen molar-refractivity contribution in [3.05, 3.63) is 24.5 Å². The van der Waals surface area contributed by atoms with Crippen LogP contribution < -0.4 is 4.90 Å². The molecule has 3 nitrogen and oxygen atoms in total. The van der Waals surface area contributed by atoms with Gasteiger partial charge in [-0.05, 0) is 36.8 Å². The molecule has 1 aromatic heterocycles. The molecule has 1 saturated carbocycles. The molecule has 2 aliphatic rings. The standard InChI is InChI=1S/C16H25N3/c1-16(2)6-5-14(12-16)18-8-10-19(11-9-18)15-4-3-7-17-13-15/h3-4,7,13-14H,5-6,8-12H2,1-2H3. The van der Waals surface area contributed by atoms with E-state index in [-0.39, 0.29) is 0 Å². The molecule has 0 amide bonds. The van der Waals surface area contributed by atoms with E-state index in [1.165, 1.54) is 38.0 Å². The number of nitrogens with zero attached hydrogens (tertiary/aromatic N) is 3. The largest absolute Gasteiger partial charge is 0.368 e. The van der Waals surface area contributed by atoms with Crippen LogP contribution in [0.4, 0.5) is 5.69 Å². The normalized spacial score (nSPS) is 27.7. The topological polar surface area (TPSA) is 19.4 Å². The van der Waals surface area contributed by atoms with Crippen molar-refractivity contribution in [2.75, 3.05) is 31.1 Å². The van der Waals surface area contributed by atoms with Gasteiger partial charge >= 0.3 is 0 Å². The molecule has 1 unspecified atom stereocenters. The van der Waals surface area contributed by atoms with Crippen molar-refractivity contribution in [1.82, 2.24) is 9.88 Å². The molecule has 1 aromatic rings. The van der Waals surface area contributed by atoms with Crippen LogP contribution in [0.3, 0.4) is 0 Å². The van der Waals surface area contributed by atoms with E-state index in [9.17, 15) is 0 Å². The summed E-state index contributed by atoms with van der Waals surface area (Å²) in [5.74, 6) is 0. The fraction of sp³-hybridized carbons (Fsp3) is 0.688. The van der Waals surface area contributed by atoms with Gasteiger partial charge in [-0.25, -0.2) is 0 Å². The maximum atomic E-state index is 4.22. The van der Waals surface area contributed by atoms with E-state index in [0.29, 0.717) is 5.41 Å². The van der Waals surface area contributed by atoms with Gasteiger partial charge in [0, 0.05) is 38.4 Å². The van der Waals surface area contributed by atoms with Crippen molar-refractivity contribution in [2.24, 2.45) is 5.41 Å². The number of anilines is 1. The third kappa shape index (κ3) is 2.92. The minimum absolute atomic E-state index is 0.561. The highest BCUT2D eigenvalue weighted by Gasteiger charge is 2.35. The molecule has 0 N–H and O–H groups in total. The van der Waals surface area contributed by atoms with E-state index < -0.39 is 0 Å². The molecule has 0 spiro atoms. The Morgan fingerprint density at radius 3 is 2.58 bits per heavy atom. The van der Waals surface area contributed by atoms with Gasteiger partial charge in [-0.1, -0.05) is 13.8 Å². The number of hydrogen-bond donors (Lipinski definition) is 0. The van der Waals surface area contributed by atoms with Gasteiger partial charge in [-0.3, -0.25) is 9.88 Å². The highest BCUT2D eigenvalue weighted by molar-refractivity contribution is 5.44. The van der Waals surface area contributed by atoms with Gasteiger partial charge in [0.25, 0.3) is 0 Å². The lowest BCUT2D eigenvalue weighted by molar-refractivity contribution is 0.176. The molecule has 3 rings (SSSR count). The first-order valence-electron chi connectivity index (χ1n) is 7.53. The minimum atomic E-state index is 0.561. The van der Waals surface area contributed by atoms with E-state index in [1.54, 1.807) is 0 Å². The van der Waals surface area contributed by atoms with Gasteiger partial charge in [0.1, 0.15) is 0 Å². The minimum Gasteiger partial charge on any atom is -0.368 e. The molecule has 1 aliphatic carbocycles. The van der Waals surface area contributed by atoms with Gasteiger partial charge in [-0.2, -0.15) is 0 Å². The van der Waals surface area contributed by atoms with Crippen LogP contribution in [0.1, 0.15) is 33.1 Å². The van der Waals surface area contributed by atoms with E-state index in [0.717, 1.165) is 19.1 Å². The third-order valence-electron chi connectivity index (χ3n) is 4.78. The second-order valence-corrected chi connectivity index (χ2v) is 6.80. The maximum Gasteiger partial charge on any atom is 0.0553 e. The number of rotatable bonds is 2. The van der Waals surface area contributed by atoms with Crippen molar-refractivity contribution in [3.63, 3.8) is 0 Å². The average molecular weight is 259 g/mol. The molecule has 1 saturated heterocycles. The van der Waals surface area contributed by atoms with Crippen LogP contribution in [0.15, 0.2) is 24.5 Å². The Bertz CT molecular complexity index is 407. The first-order chi connectivity index (χ1) is 9.14. The maximum absolute atomic E-state index is 4.22. The molecule has 2 heterocycles. The predicted octanol–water partition coefficient (Wildman–Crippen LogP) is 2.78. The van der Waals surface area contributed by atoms with E-state index >= 15 is 0 Å². The molecular weight excluding hydrogens is 234 g/mol. The summed E-state index contributed by atoms with van der Waals surface area (Å²) in [5.41, 5.74) is 1.83. The third-order valence-corrected chi connectivity index (χ3v) is 4.78. The van der Waals surface area contributed by atoms with Crippen molar-refractivity contribution >= 4 is 5.69 Å². The van der Waals surface area contributed by atoms with Gasteiger partial charge in [-0.15, -0.1) is 0 Å². The zero-order chi connectivity index (χ0) is 13.3. The highest BCUT2D eigenvalue weighted by Crippen LogP contribution is 2.39. The zero-order valence-electron chi connectivity index (χ0n) is 12.2. The molecule has 0 bridgehead atoms. The fourth-order valence-corrected chi connectivity index (χ4v) is 3.60. The molecular formula is C16H25N3. The van der Waals surface area contributed by atoms with Crippen molar-refractivity contribution in [3.8, 4) is 0 Å². The smallest absolute Gasteiger partial charge is 0.0553 e. The molecule has 1 atom stereocenters. The lowest BCUT2D eigenvalue weighted by Crippen LogP contribution is -2.50. The quantitative estimate of drug-likeness (QED) is 0.814. The summed E-state index contributed by atoms with van der Waals surface area (Å²) in [4.78, 5) is 9.39. The monoisotopic (exact) mass is 259 g/mol. The van der Waals surface area contributed by atoms with E-state index in [2.05, 4.69) is 34.7 Å². The number of pyridine rings is 1. The second-order valence-electron chi connectivity index (χ2n) is 6.80. The fourth-order valence-electron chi connectivity index (χ4n) is 3.60. The van der Waals surface area contributed by atoms with Crippen LogP contribution in [0, 0.1) is 5.41 Å². The molecule has 3 heteroatoms. The molecule has 1 aliphatic heterocycles. The Labute approximate surface area is 116 Å². The lowest BCUT2D eigenvalue weighted by atomic mass is 9.91. The Balaban J connectivity index is 1.56. The van der Waals surface area contributed by atoms with Crippen LogP contribution in [0.2, 0.25) is 0 Å². The summed E-state index contributed by atoms with van der Waals surface area (Å²) in [6, 6.07) is 5.02. The van der Waals surface area contributed by atoms with Gasteiger partial charge in [0.15, 0.2) is 0 Å². The van der Waals surface area contributed by atoms with Crippen molar-refractivity contribution in [2.45, 2.75) is 39.2 Å². The molecule has 2 fully saturated rings. The van der Waals surface area contributed by atoms with Crippen LogP contribution in [-0.4, -0.2) is 42.1 Å². The van der Waals surface area contributed by atoms with Crippen LogP contribution in [0.5, 0.6) is 0 Å². The predicted molar refractivity (Wildman–Crippen MR) is 79.4 cm³/mol. The van der Waals surface area contributed by atoms with E-state index in [4.69, 9.17) is 0 Å². The first kappa shape index (κ1) is 12.9. The van der Waals surface area contributed by atoms with Crippen molar-refractivity contribution < 1.29 is 0 Å². The van der Waals surface area contributed by atoms with Gasteiger partial charge in [0.2, 0.25) is 0 Å². The second kappa shape index (κ2) is 5.12. The van der Waals surface area contributed by atoms with E-state index in [1.807, 2.05) is 18.5 Å². The van der Waals surface area contributed by atoms with Crippen molar-refractivity contribution in [1.29, 1.82) is 0 Å². The highest BCUT2D eigenvalue weighted by atomic mass is 15.3. The summed E-state index contributed by atoms with van der Waals surface area (Å²) < 4.78 is 0. The Kier molecular flexibility index (Phi) is 3.48. The number of piperazine rings is 1. The van der Waals surface area contributed by atoms with Crippen LogP contribution >= 0.6 is 0 Å². The molecule has 0 radical (unpaired) electrons.